The highest BCUT2D eigenvalue weighted by molar-refractivity contribution is 6.31. The summed E-state index contributed by atoms with van der Waals surface area (Å²) in [6.45, 7) is -0.259. The molecule has 1 N–H and O–H groups in total. The van der Waals surface area contributed by atoms with E-state index in [1.54, 1.807) is 22.8 Å². The van der Waals surface area contributed by atoms with Gasteiger partial charge in [-0.2, -0.15) is 9.78 Å². The van der Waals surface area contributed by atoms with Crippen molar-refractivity contribution in [3.63, 3.8) is 0 Å². The van der Waals surface area contributed by atoms with Gasteiger partial charge in [0, 0.05) is 22.8 Å². The van der Waals surface area contributed by atoms with Gasteiger partial charge in [0.15, 0.2) is 0 Å². The molecule has 0 radical (unpaired) electrons. The topological polar surface area (TPSA) is 60.0 Å². The zero-order chi connectivity index (χ0) is 16.8. The number of rotatable bonds is 2. The Hall–Kier alpha value is -2.63. The van der Waals surface area contributed by atoms with Crippen LogP contribution in [0.5, 0.6) is 0 Å². The molecule has 4 aromatic rings. The summed E-state index contributed by atoms with van der Waals surface area (Å²) in [5.41, 5.74) is 2.21. The van der Waals surface area contributed by atoms with E-state index in [-0.39, 0.29) is 12.2 Å². The molecule has 0 aliphatic heterocycles. The fraction of sp³-hybridized carbons (Fsp3) is 0.111. The molecule has 2 aromatic carbocycles. The van der Waals surface area contributed by atoms with E-state index in [9.17, 15) is 9.90 Å². The SMILES string of the molecule is Cn1c2cc(Cl)ccc2c2c(CO)nn(-c3ccccc3)c(=O)c21. The van der Waals surface area contributed by atoms with Crippen LogP contribution in [0.15, 0.2) is 53.3 Å². The molecule has 120 valence electrons. The Kier molecular flexibility index (Phi) is 3.40. The van der Waals surface area contributed by atoms with E-state index in [1.807, 2.05) is 37.4 Å². The van der Waals surface area contributed by atoms with E-state index in [2.05, 4.69) is 5.10 Å². The number of aliphatic hydroxyl groups is 1. The predicted octanol–water partition coefficient (Wildman–Crippen LogP) is 3.02. The Morgan fingerprint density at radius 2 is 1.92 bits per heavy atom. The normalized spacial score (nSPS) is 11.5. The number of hydrogen-bond acceptors (Lipinski definition) is 3. The van der Waals surface area contributed by atoms with Gasteiger partial charge in [-0.3, -0.25) is 4.79 Å². The van der Waals surface area contributed by atoms with Gasteiger partial charge in [-0.1, -0.05) is 35.9 Å². The van der Waals surface area contributed by atoms with Crippen LogP contribution in [0, 0.1) is 0 Å². The van der Waals surface area contributed by atoms with Crippen LogP contribution < -0.4 is 5.56 Å². The summed E-state index contributed by atoms with van der Waals surface area (Å²) >= 11 is 6.10. The minimum atomic E-state index is -0.259. The summed E-state index contributed by atoms with van der Waals surface area (Å²) in [4.78, 5) is 13.0. The maximum atomic E-state index is 13.0. The lowest BCUT2D eigenvalue weighted by atomic mass is 10.1. The molecule has 0 aliphatic carbocycles. The zero-order valence-corrected chi connectivity index (χ0v) is 13.7. The Morgan fingerprint density at radius 3 is 2.62 bits per heavy atom. The van der Waals surface area contributed by atoms with Crippen LogP contribution in [0.1, 0.15) is 5.69 Å². The lowest BCUT2D eigenvalue weighted by Gasteiger charge is -2.08. The summed E-state index contributed by atoms with van der Waals surface area (Å²) < 4.78 is 3.13. The van der Waals surface area contributed by atoms with Crippen LogP contribution in [0.3, 0.4) is 0 Å². The van der Waals surface area contributed by atoms with Gasteiger partial charge in [-0.15, -0.1) is 0 Å². The first kappa shape index (κ1) is 14.9. The average Bonchev–Trinajstić information content (AvgIpc) is 2.89. The summed E-state index contributed by atoms with van der Waals surface area (Å²) in [5, 5.41) is 16.3. The van der Waals surface area contributed by atoms with E-state index >= 15 is 0 Å². The minimum Gasteiger partial charge on any atom is -0.390 e. The standard InChI is InChI=1S/C18H14ClN3O2/c1-21-15-9-11(19)7-8-13(15)16-14(10-23)20-22(18(24)17(16)21)12-5-3-2-4-6-12/h2-9,23H,10H2,1H3. The highest BCUT2D eigenvalue weighted by atomic mass is 35.5. The van der Waals surface area contributed by atoms with Gasteiger partial charge in [-0.05, 0) is 24.3 Å². The van der Waals surface area contributed by atoms with E-state index in [0.717, 1.165) is 10.9 Å². The molecule has 6 heteroatoms. The third kappa shape index (κ3) is 2.06. The largest absolute Gasteiger partial charge is 0.390 e. The summed E-state index contributed by atoms with van der Waals surface area (Å²) in [5.74, 6) is 0. The summed E-state index contributed by atoms with van der Waals surface area (Å²) in [6, 6.07) is 14.6. The molecule has 0 atom stereocenters. The first-order valence-electron chi connectivity index (χ1n) is 7.48. The van der Waals surface area contributed by atoms with Gasteiger partial charge in [0.05, 0.1) is 23.5 Å². The molecule has 0 amide bonds. The van der Waals surface area contributed by atoms with Crippen LogP contribution in [0.25, 0.3) is 27.5 Å². The highest BCUT2D eigenvalue weighted by Crippen LogP contribution is 2.30. The lowest BCUT2D eigenvalue weighted by molar-refractivity contribution is 0.276. The minimum absolute atomic E-state index is 0.233. The highest BCUT2D eigenvalue weighted by Gasteiger charge is 2.19. The van der Waals surface area contributed by atoms with Gasteiger partial charge in [-0.25, -0.2) is 0 Å². The van der Waals surface area contributed by atoms with Gasteiger partial charge in [0.1, 0.15) is 5.52 Å². The number of halogens is 1. The molecule has 0 saturated carbocycles. The van der Waals surface area contributed by atoms with Gasteiger partial charge >= 0.3 is 0 Å². The lowest BCUT2D eigenvalue weighted by Crippen LogP contribution is -2.24. The Balaban J connectivity index is 2.21. The van der Waals surface area contributed by atoms with Crippen LogP contribution in [-0.4, -0.2) is 19.5 Å². The number of benzene rings is 2. The molecule has 0 unspecified atom stereocenters. The Morgan fingerprint density at radius 1 is 1.17 bits per heavy atom. The molecule has 4 rings (SSSR count). The number of aliphatic hydroxyl groups excluding tert-OH is 1. The molecular formula is C18H14ClN3O2. The second-order valence-electron chi connectivity index (χ2n) is 5.60. The van der Waals surface area contributed by atoms with Crippen molar-refractivity contribution in [3.05, 3.63) is 69.6 Å². The van der Waals surface area contributed by atoms with Gasteiger partial charge in [0.2, 0.25) is 0 Å². The molecular weight excluding hydrogens is 326 g/mol. The second-order valence-corrected chi connectivity index (χ2v) is 6.04. The van der Waals surface area contributed by atoms with Crippen molar-refractivity contribution in [2.75, 3.05) is 0 Å². The van der Waals surface area contributed by atoms with Crippen molar-refractivity contribution in [2.24, 2.45) is 7.05 Å². The first-order chi connectivity index (χ1) is 11.6. The second kappa shape index (κ2) is 5.47. The van der Waals surface area contributed by atoms with Gasteiger partial charge < -0.3 is 9.67 Å². The number of aromatic nitrogens is 3. The summed E-state index contributed by atoms with van der Waals surface area (Å²) in [6.07, 6.45) is 0. The van der Waals surface area contributed by atoms with E-state index in [1.165, 1.54) is 4.68 Å². The van der Waals surface area contributed by atoms with Crippen molar-refractivity contribution in [1.29, 1.82) is 0 Å². The van der Waals surface area contributed by atoms with Crippen molar-refractivity contribution >= 4 is 33.4 Å². The molecule has 0 bridgehead atoms. The fourth-order valence-corrected chi connectivity index (χ4v) is 3.29. The van der Waals surface area contributed by atoms with Crippen molar-refractivity contribution in [1.82, 2.24) is 14.3 Å². The van der Waals surface area contributed by atoms with Crippen molar-refractivity contribution in [2.45, 2.75) is 6.61 Å². The number of nitrogens with zero attached hydrogens (tertiary/aromatic N) is 3. The van der Waals surface area contributed by atoms with E-state index in [0.29, 0.717) is 27.3 Å². The maximum absolute atomic E-state index is 13.0. The number of aryl methyl sites for hydroxylation is 1. The smallest absolute Gasteiger partial charge is 0.296 e. The molecule has 0 spiro atoms. The molecule has 2 aromatic heterocycles. The average molecular weight is 340 g/mol. The predicted molar refractivity (Wildman–Crippen MR) is 94.7 cm³/mol. The number of para-hydroxylation sites is 1. The van der Waals surface area contributed by atoms with Crippen LogP contribution in [0.2, 0.25) is 5.02 Å². The van der Waals surface area contributed by atoms with Crippen LogP contribution >= 0.6 is 11.6 Å². The molecule has 5 nitrogen and oxygen atoms in total. The third-order valence-corrected chi connectivity index (χ3v) is 4.45. The van der Waals surface area contributed by atoms with E-state index in [4.69, 9.17) is 11.6 Å². The first-order valence-corrected chi connectivity index (χ1v) is 7.85. The van der Waals surface area contributed by atoms with Crippen molar-refractivity contribution < 1.29 is 5.11 Å². The van der Waals surface area contributed by atoms with Crippen molar-refractivity contribution in [3.8, 4) is 5.69 Å². The maximum Gasteiger partial charge on any atom is 0.296 e. The zero-order valence-electron chi connectivity index (χ0n) is 12.9. The van der Waals surface area contributed by atoms with Crippen LogP contribution in [-0.2, 0) is 13.7 Å². The fourth-order valence-electron chi connectivity index (χ4n) is 3.12. The third-order valence-electron chi connectivity index (χ3n) is 4.22. The number of hydrogen-bond donors (Lipinski definition) is 1. The van der Waals surface area contributed by atoms with E-state index < -0.39 is 0 Å². The summed E-state index contributed by atoms with van der Waals surface area (Å²) in [7, 11) is 1.82. The molecule has 0 fully saturated rings. The van der Waals surface area contributed by atoms with Gasteiger partial charge in [0.25, 0.3) is 5.56 Å². The molecule has 24 heavy (non-hydrogen) atoms. The monoisotopic (exact) mass is 339 g/mol. The molecule has 0 aliphatic rings. The Labute approximate surface area is 142 Å². The Bertz CT molecular complexity index is 1130. The van der Waals surface area contributed by atoms with Crippen LogP contribution in [0.4, 0.5) is 0 Å². The molecule has 0 saturated heterocycles. The number of fused-ring (bicyclic) bond motifs is 3. The molecule has 2 heterocycles. The quantitative estimate of drug-likeness (QED) is 0.610.